The zero-order valence-corrected chi connectivity index (χ0v) is 16.9. The highest BCUT2D eigenvalue weighted by Gasteiger charge is 2.22. The average Bonchev–Trinajstić information content (AvgIpc) is 2.52. The molecule has 0 aliphatic heterocycles. The van der Waals surface area contributed by atoms with Crippen molar-refractivity contribution >= 4 is 33.2 Å². The van der Waals surface area contributed by atoms with Gasteiger partial charge in [0, 0.05) is 5.02 Å². The highest BCUT2D eigenvalue weighted by molar-refractivity contribution is 7.92. The smallest absolute Gasteiger partial charge is 0.241 e. The molecule has 26 heavy (non-hydrogen) atoms. The highest BCUT2D eigenvalue weighted by atomic mass is 35.5. The number of benzene rings is 2. The summed E-state index contributed by atoms with van der Waals surface area (Å²) in [7, 11) is -3.61. The number of carbonyl (C=O) groups excluding carboxylic acids is 1. The second kappa shape index (κ2) is 8.10. The Balaban J connectivity index is 2.15. The van der Waals surface area contributed by atoms with E-state index >= 15 is 0 Å². The van der Waals surface area contributed by atoms with Gasteiger partial charge in [-0.2, -0.15) is 0 Å². The Morgan fingerprint density at radius 1 is 1.15 bits per heavy atom. The molecule has 1 amide bonds. The number of rotatable bonds is 6. The molecule has 1 N–H and O–H groups in total. The van der Waals surface area contributed by atoms with Crippen LogP contribution in [0.3, 0.4) is 0 Å². The first-order valence-electron chi connectivity index (χ1n) is 8.17. The van der Waals surface area contributed by atoms with Crippen molar-refractivity contribution in [3.63, 3.8) is 0 Å². The molecule has 0 saturated carbocycles. The van der Waals surface area contributed by atoms with E-state index in [9.17, 15) is 13.2 Å². The summed E-state index contributed by atoms with van der Waals surface area (Å²) in [6.45, 7) is 5.58. The van der Waals surface area contributed by atoms with Crippen LogP contribution < -0.4 is 9.62 Å². The van der Waals surface area contributed by atoms with Crippen LogP contribution in [-0.2, 0) is 14.8 Å². The summed E-state index contributed by atoms with van der Waals surface area (Å²) in [6, 6.07) is 12.1. The minimum Gasteiger partial charge on any atom is -0.348 e. The molecule has 1 atom stereocenters. The maximum absolute atomic E-state index is 12.5. The van der Waals surface area contributed by atoms with Gasteiger partial charge in [-0.1, -0.05) is 35.4 Å². The van der Waals surface area contributed by atoms with Crippen molar-refractivity contribution in [2.45, 2.75) is 26.8 Å². The van der Waals surface area contributed by atoms with Gasteiger partial charge in [0.2, 0.25) is 15.9 Å². The molecule has 7 heteroatoms. The number of hydrogen-bond donors (Lipinski definition) is 1. The zero-order valence-electron chi connectivity index (χ0n) is 15.3. The van der Waals surface area contributed by atoms with Crippen LogP contribution in [-0.4, -0.2) is 27.1 Å². The fourth-order valence-corrected chi connectivity index (χ4v) is 3.80. The quantitative estimate of drug-likeness (QED) is 0.813. The maximum atomic E-state index is 12.5. The van der Waals surface area contributed by atoms with E-state index in [4.69, 9.17) is 11.6 Å². The molecule has 2 aromatic carbocycles. The molecule has 140 valence electrons. The predicted octanol–water partition coefficient (Wildman–Crippen LogP) is 3.60. The summed E-state index contributed by atoms with van der Waals surface area (Å²) in [4.78, 5) is 12.5. The second-order valence-corrected chi connectivity index (χ2v) is 8.74. The molecule has 0 unspecified atom stereocenters. The predicted molar refractivity (Wildman–Crippen MR) is 106 cm³/mol. The largest absolute Gasteiger partial charge is 0.348 e. The Kier molecular flexibility index (Phi) is 6.31. The number of sulfonamides is 1. The van der Waals surface area contributed by atoms with Crippen LogP contribution in [0.5, 0.6) is 0 Å². The van der Waals surface area contributed by atoms with Gasteiger partial charge in [0.1, 0.15) is 6.54 Å². The molecule has 0 spiro atoms. The van der Waals surface area contributed by atoms with Crippen molar-refractivity contribution in [2.75, 3.05) is 17.1 Å². The molecule has 0 aliphatic rings. The van der Waals surface area contributed by atoms with Crippen LogP contribution in [0, 0.1) is 13.8 Å². The number of anilines is 1. The number of carbonyl (C=O) groups is 1. The highest BCUT2D eigenvalue weighted by Crippen LogP contribution is 2.21. The average molecular weight is 395 g/mol. The van der Waals surface area contributed by atoms with Gasteiger partial charge in [0.05, 0.1) is 18.0 Å². The van der Waals surface area contributed by atoms with E-state index in [2.05, 4.69) is 11.4 Å². The molecule has 5 nitrogen and oxygen atoms in total. The molecule has 0 heterocycles. The standard InChI is InChI=1S/C19H23ClN2O3S/c1-13-5-10-18(14(2)11-13)15(3)21-19(23)12-22(26(4,24)25)17-8-6-16(20)7-9-17/h5-11,15H,12H2,1-4H3,(H,21,23)/t15-/m0/s1. The number of hydrogen-bond acceptors (Lipinski definition) is 3. The van der Waals surface area contributed by atoms with Crippen LogP contribution >= 0.6 is 11.6 Å². The number of nitrogens with one attached hydrogen (secondary N) is 1. The van der Waals surface area contributed by atoms with Gasteiger partial charge >= 0.3 is 0 Å². The Morgan fingerprint density at radius 3 is 2.31 bits per heavy atom. The number of nitrogens with zero attached hydrogens (tertiary/aromatic N) is 1. The maximum Gasteiger partial charge on any atom is 0.241 e. The van der Waals surface area contributed by atoms with Gasteiger partial charge in [0.25, 0.3) is 0 Å². The third-order valence-corrected chi connectivity index (χ3v) is 5.46. The van der Waals surface area contributed by atoms with E-state index in [1.165, 1.54) is 0 Å². The van der Waals surface area contributed by atoms with Crippen LogP contribution in [0.4, 0.5) is 5.69 Å². The lowest BCUT2D eigenvalue weighted by atomic mass is 10.0. The summed E-state index contributed by atoms with van der Waals surface area (Å²) in [6.07, 6.45) is 1.07. The lowest BCUT2D eigenvalue weighted by molar-refractivity contribution is -0.120. The second-order valence-electron chi connectivity index (χ2n) is 6.40. The molecule has 0 aromatic heterocycles. The van der Waals surface area contributed by atoms with Crippen molar-refractivity contribution < 1.29 is 13.2 Å². The fourth-order valence-electron chi connectivity index (χ4n) is 2.81. The monoisotopic (exact) mass is 394 g/mol. The Hall–Kier alpha value is -2.05. The van der Waals surface area contributed by atoms with Crippen LogP contribution in [0.1, 0.15) is 29.7 Å². The summed E-state index contributed by atoms with van der Waals surface area (Å²) >= 11 is 5.85. The lowest BCUT2D eigenvalue weighted by Gasteiger charge is -2.24. The van der Waals surface area contributed by atoms with Crippen molar-refractivity contribution in [2.24, 2.45) is 0 Å². The zero-order chi connectivity index (χ0) is 19.5. The summed E-state index contributed by atoms with van der Waals surface area (Å²) in [5.41, 5.74) is 3.62. The summed E-state index contributed by atoms with van der Waals surface area (Å²) < 4.78 is 25.3. The molecule has 2 rings (SSSR count). The Morgan fingerprint density at radius 2 is 1.77 bits per heavy atom. The van der Waals surface area contributed by atoms with E-state index < -0.39 is 10.0 Å². The number of aryl methyl sites for hydroxylation is 2. The van der Waals surface area contributed by atoms with Crippen LogP contribution in [0.15, 0.2) is 42.5 Å². The van der Waals surface area contributed by atoms with Crippen molar-refractivity contribution in [3.05, 3.63) is 64.2 Å². The van der Waals surface area contributed by atoms with E-state index in [-0.39, 0.29) is 18.5 Å². The SMILES string of the molecule is Cc1ccc([C@H](C)NC(=O)CN(c2ccc(Cl)cc2)S(C)(=O)=O)c(C)c1. The molecule has 0 fully saturated rings. The first-order chi connectivity index (χ1) is 12.1. The van der Waals surface area contributed by atoms with Gasteiger partial charge in [-0.3, -0.25) is 9.10 Å². The molecule has 0 saturated heterocycles. The molecule has 0 aliphatic carbocycles. The van der Waals surface area contributed by atoms with E-state index in [0.29, 0.717) is 10.7 Å². The molecular weight excluding hydrogens is 372 g/mol. The van der Waals surface area contributed by atoms with Crippen LogP contribution in [0.25, 0.3) is 0 Å². The minimum atomic E-state index is -3.61. The van der Waals surface area contributed by atoms with Crippen molar-refractivity contribution in [1.82, 2.24) is 5.32 Å². The van der Waals surface area contributed by atoms with Gasteiger partial charge in [-0.25, -0.2) is 8.42 Å². The summed E-state index contributed by atoms with van der Waals surface area (Å²) in [5.74, 6) is -0.377. The third-order valence-electron chi connectivity index (χ3n) is 4.07. The fraction of sp³-hybridized carbons (Fsp3) is 0.316. The topological polar surface area (TPSA) is 66.5 Å². The first-order valence-corrected chi connectivity index (χ1v) is 10.4. The van der Waals surface area contributed by atoms with E-state index in [0.717, 1.165) is 27.3 Å². The minimum absolute atomic E-state index is 0.227. The molecule has 0 bridgehead atoms. The molecule has 0 radical (unpaired) electrons. The van der Waals surface area contributed by atoms with Gasteiger partial charge in [-0.15, -0.1) is 0 Å². The third kappa shape index (κ3) is 5.22. The van der Waals surface area contributed by atoms with Gasteiger partial charge in [0.15, 0.2) is 0 Å². The molecular formula is C19H23ClN2O3S. The van der Waals surface area contributed by atoms with E-state index in [1.807, 2.05) is 32.9 Å². The van der Waals surface area contributed by atoms with Crippen molar-refractivity contribution in [3.8, 4) is 0 Å². The number of halogens is 1. The van der Waals surface area contributed by atoms with E-state index in [1.54, 1.807) is 24.3 Å². The lowest BCUT2D eigenvalue weighted by Crippen LogP contribution is -2.41. The van der Waals surface area contributed by atoms with Gasteiger partial charge < -0.3 is 5.32 Å². The Bertz CT molecular complexity index is 896. The normalized spacial score (nSPS) is 12.5. The number of amides is 1. The summed E-state index contributed by atoms with van der Waals surface area (Å²) in [5, 5.41) is 3.36. The van der Waals surface area contributed by atoms with Crippen LogP contribution in [0.2, 0.25) is 5.02 Å². The first kappa shape index (κ1) is 20.3. The van der Waals surface area contributed by atoms with Gasteiger partial charge in [-0.05, 0) is 56.2 Å². The Labute approximate surface area is 160 Å². The van der Waals surface area contributed by atoms with Crippen molar-refractivity contribution in [1.29, 1.82) is 0 Å². The molecule has 2 aromatic rings.